The Labute approximate surface area is 142 Å². The van der Waals surface area contributed by atoms with E-state index in [1.165, 1.54) is 0 Å². The molecule has 2 aromatic carbocycles. The van der Waals surface area contributed by atoms with E-state index in [0.29, 0.717) is 30.9 Å². The highest BCUT2D eigenvalue weighted by molar-refractivity contribution is 5.99. The summed E-state index contributed by atoms with van der Waals surface area (Å²) in [4.78, 5) is 16.8. The summed E-state index contributed by atoms with van der Waals surface area (Å²) in [6, 6.07) is 15.3. The van der Waals surface area contributed by atoms with Gasteiger partial charge in [-0.2, -0.15) is 0 Å². The lowest BCUT2D eigenvalue weighted by molar-refractivity contribution is 0.0747. The van der Waals surface area contributed by atoms with E-state index in [9.17, 15) is 4.79 Å². The van der Waals surface area contributed by atoms with Crippen molar-refractivity contribution in [2.24, 2.45) is 0 Å². The number of benzene rings is 2. The molecular weight excluding hydrogens is 302 g/mol. The van der Waals surface area contributed by atoms with E-state index >= 15 is 0 Å². The number of nitrogens with zero attached hydrogens (tertiary/aromatic N) is 2. The third-order valence-electron chi connectivity index (χ3n) is 4.26. The lowest BCUT2D eigenvalue weighted by Crippen LogP contribution is -2.49. The SMILES string of the molecule is CCOc1ccccc1N1CCN(C(=O)c2ccccc2N)CC1. The van der Waals surface area contributed by atoms with Crippen LogP contribution in [0.3, 0.4) is 0 Å². The second kappa shape index (κ2) is 7.25. The zero-order valence-electron chi connectivity index (χ0n) is 13.9. The largest absolute Gasteiger partial charge is 0.492 e. The van der Waals surface area contributed by atoms with Crippen LogP contribution in [-0.4, -0.2) is 43.6 Å². The molecule has 5 nitrogen and oxygen atoms in total. The van der Waals surface area contributed by atoms with Gasteiger partial charge in [-0.25, -0.2) is 0 Å². The fourth-order valence-electron chi connectivity index (χ4n) is 3.01. The molecule has 3 rings (SSSR count). The first-order valence-corrected chi connectivity index (χ1v) is 8.31. The van der Waals surface area contributed by atoms with Gasteiger partial charge in [0.2, 0.25) is 0 Å². The van der Waals surface area contributed by atoms with E-state index in [1.54, 1.807) is 12.1 Å². The van der Waals surface area contributed by atoms with Crippen LogP contribution in [-0.2, 0) is 0 Å². The summed E-state index contributed by atoms with van der Waals surface area (Å²) in [5, 5.41) is 0. The molecule has 1 aliphatic heterocycles. The average Bonchev–Trinajstić information content (AvgIpc) is 2.63. The van der Waals surface area contributed by atoms with Gasteiger partial charge in [-0.15, -0.1) is 0 Å². The van der Waals surface area contributed by atoms with Crippen molar-refractivity contribution in [1.82, 2.24) is 4.90 Å². The minimum Gasteiger partial charge on any atom is -0.492 e. The molecule has 24 heavy (non-hydrogen) atoms. The van der Waals surface area contributed by atoms with Gasteiger partial charge in [0.05, 0.1) is 17.9 Å². The van der Waals surface area contributed by atoms with E-state index in [1.807, 2.05) is 42.2 Å². The third-order valence-corrected chi connectivity index (χ3v) is 4.26. The molecule has 0 bridgehead atoms. The summed E-state index contributed by atoms with van der Waals surface area (Å²) in [6.45, 7) is 5.53. The van der Waals surface area contributed by atoms with Crippen molar-refractivity contribution in [2.45, 2.75) is 6.92 Å². The van der Waals surface area contributed by atoms with Crippen LogP contribution in [0.4, 0.5) is 11.4 Å². The molecule has 2 N–H and O–H groups in total. The van der Waals surface area contributed by atoms with Crippen molar-refractivity contribution in [3.05, 3.63) is 54.1 Å². The first kappa shape index (κ1) is 16.2. The van der Waals surface area contributed by atoms with Crippen LogP contribution in [0.25, 0.3) is 0 Å². The predicted octanol–water partition coefficient (Wildman–Crippen LogP) is 2.63. The number of nitrogen functional groups attached to an aromatic ring is 1. The molecule has 0 atom stereocenters. The zero-order chi connectivity index (χ0) is 16.9. The van der Waals surface area contributed by atoms with E-state index < -0.39 is 0 Å². The Kier molecular flexibility index (Phi) is 4.89. The average molecular weight is 325 g/mol. The van der Waals surface area contributed by atoms with Gasteiger partial charge >= 0.3 is 0 Å². The Bertz CT molecular complexity index is 709. The first-order chi connectivity index (χ1) is 11.7. The van der Waals surface area contributed by atoms with Gasteiger partial charge < -0.3 is 20.3 Å². The van der Waals surface area contributed by atoms with Crippen molar-refractivity contribution in [1.29, 1.82) is 0 Å². The maximum Gasteiger partial charge on any atom is 0.256 e. The molecule has 5 heteroatoms. The molecule has 2 aromatic rings. The van der Waals surface area contributed by atoms with Crippen LogP contribution in [0.1, 0.15) is 17.3 Å². The highest BCUT2D eigenvalue weighted by Crippen LogP contribution is 2.29. The Balaban J connectivity index is 1.68. The highest BCUT2D eigenvalue weighted by Gasteiger charge is 2.24. The number of hydrogen-bond donors (Lipinski definition) is 1. The minimum atomic E-state index is 0.00541. The normalized spacial score (nSPS) is 14.5. The first-order valence-electron chi connectivity index (χ1n) is 8.31. The quantitative estimate of drug-likeness (QED) is 0.878. The molecule has 0 saturated carbocycles. The predicted molar refractivity (Wildman–Crippen MR) is 96.6 cm³/mol. The number of carbonyl (C=O) groups excluding carboxylic acids is 1. The van der Waals surface area contributed by atoms with Crippen molar-refractivity contribution < 1.29 is 9.53 Å². The van der Waals surface area contributed by atoms with E-state index in [0.717, 1.165) is 24.5 Å². The van der Waals surface area contributed by atoms with Crippen molar-refractivity contribution in [3.8, 4) is 5.75 Å². The third kappa shape index (κ3) is 3.30. The van der Waals surface area contributed by atoms with Crippen LogP contribution in [0.5, 0.6) is 5.75 Å². The molecule has 1 aliphatic rings. The molecule has 0 aliphatic carbocycles. The van der Waals surface area contributed by atoms with Crippen molar-refractivity contribution in [3.63, 3.8) is 0 Å². The number of anilines is 2. The van der Waals surface area contributed by atoms with Gasteiger partial charge in [-0.1, -0.05) is 24.3 Å². The van der Waals surface area contributed by atoms with Crippen LogP contribution in [0.2, 0.25) is 0 Å². The standard InChI is InChI=1S/C19H23N3O2/c1-2-24-18-10-6-5-9-17(18)21-11-13-22(14-12-21)19(23)15-7-3-4-8-16(15)20/h3-10H,2,11-14,20H2,1H3. The Morgan fingerprint density at radius 2 is 1.71 bits per heavy atom. The molecule has 1 saturated heterocycles. The summed E-state index contributed by atoms with van der Waals surface area (Å²) in [5.74, 6) is 0.901. The topological polar surface area (TPSA) is 58.8 Å². The van der Waals surface area contributed by atoms with Crippen LogP contribution < -0.4 is 15.4 Å². The number of carbonyl (C=O) groups is 1. The van der Waals surface area contributed by atoms with Gasteiger partial charge in [0, 0.05) is 31.9 Å². The van der Waals surface area contributed by atoms with Gasteiger partial charge in [-0.3, -0.25) is 4.79 Å². The summed E-state index contributed by atoms with van der Waals surface area (Å²) in [7, 11) is 0. The number of hydrogen-bond acceptors (Lipinski definition) is 4. The molecule has 0 unspecified atom stereocenters. The fourth-order valence-corrected chi connectivity index (χ4v) is 3.01. The number of piperazine rings is 1. The van der Waals surface area contributed by atoms with Gasteiger partial charge in [0.25, 0.3) is 5.91 Å². The number of nitrogens with two attached hydrogens (primary N) is 1. The van der Waals surface area contributed by atoms with Crippen molar-refractivity contribution >= 4 is 17.3 Å². The summed E-state index contributed by atoms with van der Waals surface area (Å²) in [6.07, 6.45) is 0. The summed E-state index contributed by atoms with van der Waals surface area (Å²) >= 11 is 0. The fraction of sp³-hybridized carbons (Fsp3) is 0.316. The maximum atomic E-state index is 12.6. The molecule has 126 valence electrons. The van der Waals surface area contributed by atoms with Gasteiger partial charge in [0.1, 0.15) is 5.75 Å². The molecule has 0 spiro atoms. The lowest BCUT2D eigenvalue weighted by atomic mass is 10.1. The van der Waals surface area contributed by atoms with Gasteiger partial charge in [0.15, 0.2) is 0 Å². The van der Waals surface area contributed by atoms with Crippen molar-refractivity contribution in [2.75, 3.05) is 43.4 Å². The molecule has 1 amide bonds. The smallest absolute Gasteiger partial charge is 0.256 e. The Morgan fingerprint density at radius 3 is 2.42 bits per heavy atom. The Hall–Kier alpha value is -2.69. The summed E-state index contributed by atoms with van der Waals surface area (Å²) in [5.41, 5.74) is 8.13. The van der Waals surface area contributed by atoms with Crippen LogP contribution >= 0.6 is 0 Å². The number of ether oxygens (including phenoxy) is 1. The lowest BCUT2D eigenvalue weighted by Gasteiger charge is -2.36. The van der Waals surface area contributed by atoms with Crippen LogP contribution in [0, 0.1) is 0 Å². The van der Waals surface area contributed by atoms with E-state index in [-0.39, 0.29) is 5.91 Å². The number of para-hydroxylation sites is 3. The molecule has 0 aromatic heterocycles. The second-order valence-electron chi connectivity index (χ2n) is 5.77. The molecule has 1 fully saturated rings. The van der Waals surface area contributed by atoms with E-state index in [2.05, 4.69) is 11.0 Å². The minimum absolute atomic E-state index is 0.00541. The number of rotatable bonds is 4. The highest BCUT2D eigenvalue weighted by atomic mass is 16.5. The van der Waals surface area contributed by atoms with Crippen LogP contribution in [0.15, 0.2) is 48.5 Å². The maximum absolute atomic E-state index is 12.6. The molecule has 0 radical (unpaired) electrons. The van der Waals surface area contributed by atoms with E-state index in [4.69, 9.17) is 10.5 Å². The Morgan fingerprint density at radius 1 is 1.04 bits per heavy atom. The second-order valence-corrected chi connectivity index (χ2v) is 5.77. The molecule has 1 heterocycles. The molecular formula is C19H23N3O2. The monoisotopic (exact) mass is 325 g/mol. The van der Waals surface area contributed by atoms with Gasteiger partial charge in [-0.05, 0) is 31.2 Å². The zero-order valence-corrected chi connectivity index (χ0v) is 13.9. The number of amides is 1. The summed E-state index contributed by atoms with van der Waals surface area (Å²) < 4.78 is 5.71.